The Hall–Kier alpha value is -1.47. The minimum absolute atomic E-state index is 0. The molecular formula is C23H32ClFN2O2S. The van der Waals surface area contributed by atoms with Gasteiger partial charge in [0.1, 0.15) is 5.82 Å². The summed E-state index contributed by atoms with van der Waals surface area (Å²) in [6, 6.07) is 13.3. The maximum atomic E-state index is 13.6. The molecule has 0 saturated heterocycles. The lowest BCUT2D eigenvalue weighted by molar-refractivity contribution is 0.466. The zero-order valence-corrected chi connectivity index (χ0v) is 19.1. The van der Waals surface area contributed by atoms with Gasteiger partial charge in [0.2, 0.25) is 10.0 Å². The predicted octanol–water partition coefficient (Wildman–Crippen LogP) is 4.11. The van der Waals surface area contributed by atoms with Gasteiger partial charge in [0, 0.05) is 18.5 Å². The van der Waals surface area contributed by atoms with E-state index in [0.29, 0.717) is 13.0 Å². The molecule has 0 saturated carbocycles. The first-order chi connectivity index (χ1) is 13.9. The summed E-state index contributed by atoms with van der Waals surface area (Å²) >= 11 is 0. The highest BCUT2D eigenvalue weighted by atomic mass is 35.5. The Kier molecular flexibility index (Phi) is 9.29. The zero-order chi connectivity index (χ0) is 20.9. The van der Waals surface area contributed by atoms with Crippen LogP contribution >= 0.6 is 12.4 Å². The first kappa shape index (κ1) is 24.8. The molecule has 0 fully saturated rings. The van der Waals surface area contributed by atoms with Crippen LogP contribution in [0.1, 0.15) is 54.4 Å². The number of fused-ring (bicyclic) bond motifs is 1. The minimum Gasteiger partial charge on any atom is -0.327 e. The lowest BCUT2D eigenvalue weighted by atomic mass is 9.76. The fourth-order valence-corrected chi connectivity index (χ4v) is 5.30. The van der Waals surface area contributed by atoms with Gasteiger partial charge in [-0.05, 0) is 72.9 Å². The van der Waals surface area contributed by atoms with Crippen LogP contribution < -0.4 is 10.5 Å². The van der Waals surface area contributed by atoms with Gasteiger partial charge in [-0.2, -0.15) is 0 Å². The van der Waals surface area contributed by atoms with Crippen molar-refractivity contribution < 1.29 is 12.8 Å². The molecule has 2 atom stereocenters. The Morgan fingerprint density at radius 3 is 2.70 bits per heavy atom. The molecule has 0 aliphatic heterocycles. The van der Waals surface area contributed by atoms with Crippen LogP contribution in [0.2, 0.25) is 0 Å². The molecule has 4 nitrogen and oxygen atoms in total. The number of sulfonamides is 1. The first-order valence-corrected chi connectivity index (χ1v) is 12.1. The molecule has 3 N–H and O–H groups in total. The van der Waals surface area contributed by atoms with Crippen molar-refractivity contribution >= 4 is 22.4 Å². The fourth-order valence-electron chi connectivity index (χ4n) is 4.17. The summed E-state index contributed by atoms with van der Waals surface area (Å²) in [6.45, 7) is 2.31. The monoisotopic (exact) mass is 454 g/mol. The van der Waals surface area contributed by atoms with E-state index in [4.69, 9.17) is 5.73 Å². The SMILES string of the molecule is CCCS(=O)(=O)NCCCc1ccc2c(c1)C(Cc1cccc(F)c1)C(N)CC2.Cl. The fraction of sp³-hybridized carbons (Fsp3) is 0.478. The van der Waals surface area contributed by atoms with Crippen LogP contribution in [0, 0.1) is 5.82 Å². The van der Waals surface area contributed by atoms with Crippen LogP contribution in [0.15, 0.2) is 42.5 Å². The third-order valence-corrected chi connectivity index (χ3v) is 7.24. The van der Waals surface area contributed by atoms with Gasteiger partial charge in [0.05, 0.1) is 5.75 Å². The topological polar surface area (TPSA) is 72.2 Å². The van der Waals surface area contributed by atoms with Crippen molar-refractivity contribution in [2.45, 2.75) is 57.4 Å². The van der Waals surface area contributed by atoms with Crippen molar-refractivity contribution in [2.75, 3.05) is 12.3 Å². The van der Waals surface area contributed by atoms with E-state index in [2.05, 4.69) is 22.9 Å². The van der Waals surface area contributed by atoms with Crippen LogP contribution in [-0.4, -0.2) is 26.8 Å². The maximum absolute atomic E-state index is 13.6. The summed E-state index contributed by atoms with van der Waals surface area (Å²) in [5.74, 6) is 0.126. The van der Waals surface area contributed by atoms with Gasteiger partial charge in [-0.1, -0.05) is 37.3 Å². The highest BCUT2D eigenvalue weighted by Crippen LogP contribution is 2.34. The smallest absolute Gasteiger partial charge is 0.211 e. The third kappa shape index (κ3) is 6.77. The van der Waals surface area contributed by atoms with Crippen LogP contribution in [0.25, 0.3) is 0 Å². The number of rotatable bonds is 9. The summed E-state index contributed by atoms with van der Waals surface area (Å²) in [5.41, 5.74) is 11.2. The predicted molar refractivity (Wildman–Crippen MR) is 123 cm³/mol. The lowest BCUT2D eigenvalue weighted by Crippen LogP contribution is -2.34. The molecule has 2 unspecified atom stereocenters. The van der Waals surface area contributed by atoms with Gasteiger partial charge in [-0.3, -0.25) is 0 Å². The molecule has 166 valence electrons. The normalized spacial score (nSPS) is 18.5. The Bertz CT molecular complexity index is 937. The molecule has 1 aliphatic carbocycles. The van der Waals surface area contributed by atoms with Crippen LogP contribution in [0.4, 0.5) is 4.39 Å². The number of nitrogens with two attached hydrogens (primary N) is 1. The van der Waals surface area contributed by atoms with Crippen LogP contribution in [0.3, 0.4) is 0 Å². The van der Waals surface area contributed by atoms with Crippen molar-refractivity contribution in [3.63, 3.8) is 0 Å². The Labute approximate surface area is 185 Å². The van der Waals surface area contributed by atoms with E-state index in [1.807, 2.05) is 13.0 Å². The number of benzene rings is 2. The molecule has 2 aromatic rings. The largest absolute Gasteiger partial charge is 0.327 e. The summed E-state index contributed by atoms with van der Waals surface area (Å²) in [5, 5.41) is 0. The molecule has 1 aliphatic rings. The second kappa shape index (κ2) is 11.2. The van der Waals surface area contributed by atoms with Crippen molar-refractivity contribution in [3.05, 3.63) is 70.5 Å². The molecule has 30 heavy (non-hydrogen) atoms. The summed E-state index contributed by atoms with van der Waals surface area (Å²) in [7, 11) is -3.15. The zero-order valence-electron chi connectivity index (χ0n) is 17.4. The van der Waals surface area contributed by atoms with Crippen molar-refractivity contribution in [1.29, 1.82) is 0 Å². The van der Waals surface area contributed by atoms with Gasteiger partial charge >= 0.3 is 0 Å². The standard InChI is InChI=1S/C23H31FN2O2S.ClH/c1-2-13-29(27,28)26-12-4-6-17-8-9-19-10-11-23(25)22(21(19)15-17)16-18-5-3-7-20(24)14-18;/h3,5,7-9,14-15,22-23,26H,2,4,6,10-13,16,25H2,1H3;1H. The summed E-state index contributed by atoms with van der Waals surface area (Å²) < 4.78 is 39.8. The molecule has 7 heteroatoms. The molecule has 3 rings (SSSR count). The van der Waals surface area contributed by atoms with Crippen molar-refractivity contribution in [2.24, 2.45) is 5.73 Å². The number of nitrogens with one attached hydrogen (secondary N) is 1. The van der Waals surface area contributed by atoms with E-state index in [1.165, 1.54) is 22.8 Å². The molecule has 0 bridgehead atoms. The van der Waals surface area contributed by atoms with Gasteiger partial charge in [0.15, 0.2) is 0 Å². The first-order valence-electron chi connectivity index (χ1n) is 10.5. The molecule has 0 heterocycles. The molecule has 0 aromatic heterocycles. The average molecular weight is 455 g/mol. The molecular weight excluding hydrogens is 423 g/mol. The summed E-state index contributed by atoms with van der Waals surface area (Å²) in [6.07, 6.45) is 4.81. The number of hydrogen-bond donors (Lipinski definition) is 2. The second-order valence-corrected chi connectivity index (χ2v) is 9.92. The van der Waals surface area contributed by atoms with Gasteiger partial charge in [-0.25, -0.2) is 17.5 Å². The quantitative estimate of drug-likeness (QED) is 0.560. The molecule has 0 amide bonds. The lowest BCUT2D eigenvalue weighted by Gasteiger charge is -2.32. The Morgan fingerprint density at radius 1 is 1.17 bits per heavy atom. The molecule has 0 radical (unpaired) electrons. The highest BCUT2D eigenvalue weighted by molar-refractivity contribution is 7.89. The van der Waals surface area contributed by atoms with Gasteiger partial charge in [0.25, 0.3) is 0 Å². The van der Waals surface area contributed by atoms with Crippen molar-refractivity contribution in [1.82, 2.24) is 4.72 Å². The number of halogens is 2. The Balaban J connectivity index is 0.00000320. The maximum Gasteiger partial charge on any atom is 0.211 e. The Morgan fingerprint density at radius 2 is 1.97 bits per heavy atom. The van der Waals surface area contributed by atoms with Gasteiger partial charge in [-0.15, -0.1) is 12.4 Å². The van der Waals surface area contributed by atoms with E-state index >= 15 is 0 Å². The average Bonchev–Trinajstić information content (AvgIpc) is 2.67. The van der Waals surface area contributed by atoms with E-state index < -0.39 is 10.0 Å². The molecule has 0 spiro atoms. The third-order valence-electron chi connectivity index (χ3n) is 5.66. The minimum atomic E-state index is -3.15. The highest BCUT2D eigenvalue weighted by Gasteiger charge is 2.27. The summed E-state index contributed by atoms with van der Waals surface area (Å²) in [4.78, 5) is 0. The molecule has 2 aromatic carbocycles. The van der Waals surface area contributed by atoms with E-state index in [0.717, 1.165) is 37.7 Å². The second-order valence-electron chi connectivity index (χ2n) is 7.99. The van der Waals surface area contributed by atoms with E-state index in [9.17, 15) is 12.8 Å². The van der Waals surface area contributed by atoms with E-state index in [-0.39, 0.29) is 35.9 Å². The van der Waals surface area contributed by atoms with Crippen LogP contribution in [0.5, 0.6) is 0 Å². The van der Waals surface area contributed by atoms with Crippen LogP contribution in [-0.2, 0) is 29.3 Å². The van der Waals surface area contributed by atoms with E-state index in [1.54, 1.807) is 12.1 Å². The number of hydrogen-bond acceptors (Lipinski definition) is 3. The van der Waals surface area contributed by atoms with Gasteiger partial charge < -0.3 is 5.73 Å². The van der Waals surface area contributed by atoms with Crippen molar-refractivity contribution in [3.8, 4) is 0 Å². The number of aryl methyl sites for hydroxylation is 2.